The van der Waals surface area contributed by atoms with Gasteiger partial charge in [-0.25, -0.2) is 12.8 Å². The van der Waals surface area contributed by atoms with Crippen LogP contribution in [-0.4, -0.2) is 74.0 Å². The predicted octanol–water partition coefficient (Wildman–Crippen LogP) is 4.81. The molecule has 0 bridgehead atoms. The molecule has 11 nitrogen and oxygen atoms in total. The van der Waals surface area contributed by atoms with Gasteiger partial charge in [-0.3, -0.25) is 19.2 Å². The number of fused-ring (bicyclic) bond motifs is 1. The maximum atomic E-state index is 13.8. The van der Waals surface area contributed by atoms with Crippen molar-refractivity contribution in [3.63, 3.8) is 0 Å². The van der Waals surface area contributed by atoms with Gasteiger partial charge < -0.3 is 25.8 Å². The van der Waals surface area contributed by atoms with Gasteiger partial charge >= 0.3 is 0 Å². The second-order valence-corrected chi connectivity index (χ2v) is 14.0. The number of nitrogens with two attached hydrogens (primary N) is 1. The van der Waals surface area contributed by atoms with Crippen molar-refractivity contribution in [2.45, 2.75) is 37.4 Å². The monoisotopic (exact) mass is 689 g/mol. The first-order valence-corrected chi connectivity index (χ1v) is 17.3. The average molecular weight is 690 g/mol. The zero-order valence-corrected chi connectivity index (χ0v) is 28.3. The number of hydrogen-bond donors (Lipinski definition) is 4. The van der Waals surface area contributed by atoms with Crippen LogP contribution in [0.4, 0.5) is 21.5 Å². The minimum atomic E-state index is -4.17. The first-order valence-electron chi connectivity index (χ1n) is 15.8. The Balaban J connectivity index is 1.37. The molecule has 1 aliphatic rings. The van der Waals surface area contributed by atoms with Gasteiger partial charge in [0.15, 0.2) is 5.75 Å². The molecule has 5 N–H and O–H groups in total. The minimum Gasteiger partial charge on any atom is -0.486 e. The van der Waals surface area contributed by atoms with Gasteiger partial charge in [0.1, 0.15) is 11.9 Å². The van der Waals surface area contributed by atoms with Crippen LogP contribution in [0.25, 0.3) is 0 Å². The number of nitrogens with one attached hydrogen (secondary N) is 2. The number of aliphatic hydroxyl groups is 1. The number of para-hydroxylation sites is 3. The molecule has 0 saturated heterocycles. The number of amides is 2. The fraction of sp³-hybridized carbons (Fsp3) is 0.278. The summed E-state index contributed by atoms with van der Waals surface area (Å²) >= 11 is 0. The smallest absolute Gasteiger partial charge is 0.262 e. The molecular weight excluding hydrogens is 649 g/mol. The van der Waals surface area contributed by atoms with Gasteiger partial charge in [-0.1, -0.05) is 37.3 Å². The van der Waals surface area contributed by atoms with Gasteiger partial charge in [-0.05, 0) is 80.2 Å². The van der Waals surface area contributed by atoms with E-state index in [1.165, 1.54) is 6.07 Å². The van der Waals surface area contributed by atoms with Gasteiger partial charge in [0, 0.05) is 31.1 Å². The fourth-order valence-corrected chi connectivity index (χ4v) is 6.67. The van der Waals surface area contributed by atoms with Crippen LogP contribution in [0, 0.1) is 11.7 Å². The van der Waals surface area contributed by atoms with Crippen LogP contribution in [0.1, 0.15) is 40.1 Å². The molecule has 49 heavy (non-hydrogen) atoms. The Labute approximate surface area is 285 Å². The molecule has 0 aliphatic carbocycles. The van der Waals surface area contributed by atoms with Gasteiger partial charge in [0.2, 0.25) is 0 Å². The van der Waals surface area contributed by atoms with E-state index in [1.54, 1.807) is 60.4 Å². The molecule has 0 spiro atoms. The van der Waals surface area contributed by atoms with E-state index in [9.17, 15) is 27.5 Å². The molecular formula is C36H40FN5O6S. The van der Waals surface area contributed by atoms with Gasteiger partial charge in [-0.2, -0.15) is 0 Å². The molecule has 1 heterocycles. The first-order chi connectivity index (χ1) is 23.4. The van der Waals surface area contributed by atoms with E-state index in [2.05, 4.69) is 10.0 Å². The Morgan fingerprint density at radius 1 is 1.04 bits per heavy atom. The third-order valence-electron chi connectivity index (χ3n) is 8.43. The molecule has 1 aliphatic heterocycles. The highest BCUT2D eigenvalue weighted by Gasteiger charge is 2.35. The second kappa shape index (κ2) is 15.1. The predicted molar refractivity (Wildman–Crippen MR) is 186 cm³/mol. The van der Waals surface area contributed by atoms with Gasteiger partial charge in [-0.15, -0.1) is 0 Å². The molecule has 2 amide bonds. The summed E-state index contributed by atoms with van der Waals surface area (Å²) in [5.41, 5.74) is 8.57. The van der Waals surface area contributed by atoms with Crippen molar-refractivity contribution in [1.29, 1.82) is 0 Å². The lowest BCUT2D eigenvalue weighted by atomic mass is 9.99. The number of nitrogens with zero attached hydrogens (tertiary/aromatic N) is 2. The number of carbonyl (C=O) groups excluding carboxylic acids is 2. The summed E-state index contributed by atoms with van der Waals surface area (Å²) < 4.78 is 49.2. The number of aliphatic hydroxyl groups excluding tert-OH is 1. The summed E-state index contributed by atoms with van der Waals surface area (Å²) in [6.07, 6.45) is -0.511. The number of likely N-dealkylation sites (N-methyl/N-ethyl adjacent to an activating group) is 1. The maximum Gasteiger partial charge on any atom is 0.262 e. The number of ether oxygens (including phenoxy) is 1. The van der Waals surface area contributed by atoms with Crippen molar-refractivity contribution in [3.8, 4) is 5.75 Å². The summed E-state index contributed by atoms with van der Waals surface area (Å²) in [6.45, 7) is 4.61. The summed E-state index contributed by atoms with van der Waals surface area (Å²) in [6, 6.07) is 22.7. The largest absolute Gasteiger partial charge is 0.486 e. The average Bonchev–Trinajstić information content (AvgIpc) is 3.07. The Bertz CT molecular complexity index is 1910. The van der Waals surface area contributed by atoms with E-state index in [4.69, 9.17) is 10.5 Å². The van der Waals surface area contributed by atoms with E-state index < -0.39 is 33.9 Å². The minimum absolute atomic E-state index is 0.0552. The third-order valence-corrected chi connectivity index (χ3v) is 9.81. The van der Waals surface area contributed by atoms with Crippen molar-refractivity contribution >= 4 is 38.9 Å². The van der Waals surface area contributed by atoms with Crippen LogP contribution < -0.4 is 20.5 Å². The zero-order chi connectivity index (χ0) is 35.3. The Kier molecular flexibility index (Phi) is 10.9. The Morgan fingerprint density at radius 3 is 2.39 bits per heavy atom. The number of hydrogen-bond acceptors (Lipinski definition) is 8. The van der Waals surface area contributed by atoms with Gasteiger partial charge in [0.25, 0.3) is 21.8 Å². The van der Waals surface area contributed by atoms with Crippen molar-refractivity contribution in [2.24, 2.45) is 5.92 Å². The van der Waals surface area contributed by atoms with E-state index in [1.807, 2.05) is 31.0 Å². The van der Waals surface area contributed by atoms with Crippen LogP contribution in [-0.2, 0) is 16.6 Å². The van der Waals surface area contributed by atoms with Crippen molar-refractivity contribution in [3.05, 3.63) is 114 Å². The SMILES string of the molecule is C[C@@H]1CN([C@H](C)CO)C(=O)c2cccc(NS(=O)(=O)c3ccc(F)cc3)c2O[C@@H]1CN(C)Cc1ccc(C(=O)Nc2ccccc2N)cc1. The van der Waals surface area contributed by atoms with Crippen LogP contribution in [0.3, 0.4) is 0 Å². The highest BCUT2D eigenvalue weighted by molar-refractivity contribution is 7.92. The lowest BCUT2D eigenvalue weighted by Crippen LogP contribution is -2.49. The first kappa shape index (κ1) is 35.3. The molecule has 0 saturated carbocycles. The van der Waals surface area contributed by atoms with E-state index >= 15 is 0 Å². The zero-order valence-electron chi connectivity index (χ0n) is 27.5. The standard InChI is InChI=1S/C36H40FN5O6S/c1-23-19-42(24(2)22-43)36(45)29-7-6-10-32(40-49(46,47)28-17-15-27(37)16-18-28)34(29)48-33(23)21-41(3)20-25-11-13-26(14-12-25)35(44)39-31-9-5-4-8-30(31)38/h4-18,23-24,33,40,43H,19-22,38H2,1-3H3,(H,39,44)/t23-,24-,33-/m1/s1. The van der Waals surface area contributed by atoms with Crippen molar-refractivity contribution in [1.82, 2.24) is 9.80 Å². The number of carbonyl (C=O) groups is 2. The van der Waals surface area contributed by atoms with Crippen molar-refractivity contribution in [2.75, 3.05) is 42.5 Å². The maximum absolute atomic E-state index is 13.8. The number of sulfonamides is 1. The van der Waals surface area contributed by atoms with Crippen LogP contribution in [0.15, 0.2) is 95.9 Å². The molecule has 4 aromatic rings. The Morgan fingerprint density at radius 2 is 1.71 bits per heavy atom. The molecule has 13 heteroatoms. The molecule has 0 unspecified atom stereocenters. The quantitative estimate of drug-likeness (QED) is 0.164. The summed E-state index contributed by atoms with van der Waals surface area (Å²) in [7, 11) is -2.25. The summed E-state index contributed by atoms with van der Waals surface area (Å²) in [5.74, 6) is -1.43. The number of halogens is 1. The number of anilines is 3. The second-order valence-electron chi connectivity index (χ2n) is 12.3. The number of nitrogen functional groups attached to an aromatic ring is 1. The number of benzene rings is 4. The molecule has 0 radical (unpaired) electrons. The van der Waals surface area contributed by atoms with Crippen LogP contribution in [0.5, 0.6) is 5.75 Å². The van der Waals surface area contributed by atoms with Crippen LogP contribution >= 0.6 is 0 Å². The molecule has 0 fully saturated rings. The summed E-state index contributed by atoms with van der Waals surface area (Å²) in [4.78, 5) is 30.0. The molecule has 5 rings (SSSR count). The highest BCUT2D eigenvalue weighted by Crippen LogP contribution is 2.36. The highest BCUT2D eigenvalue weighted by atomic mass is 32.2. The molecule has 0 aromatic heterocycles. The lowest BCUT2D eigenvalue weighted by Gasteiger charge is -2.38. The Hall–Kier alpha value is -4.98. The lowest BCUT2D eigenvalue weighted by molar-refractivity contribution is 0.0344. The third kappa shape index (κ3) is 8.37. The molecule has 258 valence electrons. The molecule has 4 aromatic carbocycles. The van der Waals surface area contributed by atoms with Crippen molar-refractivity contribution < 1.29 is 32.2 Å². The fourth-order valence-electron chi connectivity index (χ4n) is 5.61. The van der Waals surface area contributed by atoms with E-state index in [0.29, 0.717) is 36.6 Å². The van der Waals surface area contributed by atoms with Gasteiger partial charge in [0.05, 0.1) is 40.2 Å². The van der Waals surface area contributed by atoms with E-state index in [-0.39, 0.29) is 40.3 Å². The van der Waals surface area contributed by atoms with E-state index in [0.717, 1.165) is 29.8 Å². The normalized spacial score (nSPS) is 17.0. The number of rotatable bonds is 11. The summed E-state index contributed by atoms with van der Waals surface area (Å²) in [5, 5.41) is 12.8. The molecule has 3 atom stereocenters. The topological polar surface area (TPSA) is 154 Å². The van der Waals surface area contributed by atoms with Crippen LogP contribution in [0.2, 0.25) is 0 Å².